The predicted octanol–water partition coefficient (Wildman–Crippen LogP) is 1.74. The minimum absolute atomic E-state index is 0.108. The third-order valence-corrected chi connectivity index (χ3v) is 2.26. The van der Waals surface area contributed by atoms with Crippen molar-refractivity contribution in [3.63, 3.8) is 0 Å². The molecule has 1 aromatic carbocycles. The molecule has 84 valence electrons. The Labute approximate surface area is 92.3 Å². The number of fused-ring (bicyclic) bond motifs is 1. The number of aliphatic carboxylic acids is 1. The van der Waals surface area contributed by atoms with Crippen LogP contribution in [0.25, 0.3) is 11.1 Å². The lowest BCUT2D eigenvalue weighted by atomic mass is 10.3. The number of carboxylic acids is 1. The second-order valence-corrected chi connectivity index (χ2v) is 3.37. The van der Waals surface area contributed by atoms with Gasteiger partial charge in [0.2, 0.25) is 0 Å². The number of carboxylic acid groups (broad SMARTS) is 1. The number of rotatable bonds is 4. The first-order valence-electron chi connectivity index (χ1n) is 5.03. The summed E-state index contributed by atoms with van der Waals surface area (Å²) in [6.45, 7) is 2.29. The molecule has 5 heteroatoms. The first-order chi connectivity index (χ1) is 7.70. The maximum absolute atomic E-state index is 10.6. The molecule has 0 spiro atoms. The van der Waals surface area contributed by atoms with E-state index in [-0.39, 0.29) is 6.54 Å². The molecule has 5 nitrogen and oxygen atoms in total. The minimum Gasteiger partial charge on any atom is -0.480 e. The standard InChI is InChI=1S/C11H12N2O3/c1-2-13(7-10(14)15)11-12-8-5-3-4-6-9(8)16-11/h3-6H,2,7H2,1H3,(H,14,15). The molecule has 1 heterocycles. The van der Waals surface area contributed by atoms with Crippen LogP contribution in [0.4, 0.5) is 6.01 Å². The van der Waals surface area contributed by atoms with E-state index in [0.29, 0.717) is 18.1 Å². The van der Waals surface area contributed by atoms with Crippen molar-refractivity contribution in [1.82, 2.24) is 4.98 Å². The predicted molar refractivity (Wildman–Crippen MR) is 59.5 cm³/mol. The Bertz CT molecular complexity index is 474. The van der Waals surface area contributed by atoms with Gasteiger partial charge < -0.3 is 14.4 Å². The molecule has 0 radical (unpaired) electrons. The van der Waals surface area contributed by atoms with Gasteiger partial charge in [-0.1, -0.05) is 12.1 Å². The molecule has 0 aliphatic rings. The number of benzene rings is 1. The lowest BCUT2D eigenvalue weighted by Crippen LogP contribution is -2.29. The van der Waals surface area contributed by atoms with Gasteiger partial charge in [-0.25, -0.2) is 0 Å². The molecular weight excluding hydrogens is 208 g/mol. The molecule has 0 fully saturated rings. The maximum Gasteiger partial charge on any atom is 0.323 e. The van der Waals surface area contributed by atoms with Crippen molar-refractivity contribution in [3.05, 3.63) is 24.3 Å². The fourth-order valence-corrected chi connectivity index (χ4v) is 1.47. The van der Waals surface area contributed by atoms with E-state index in [2.05, 4.69) is 4.98 Å². The molecule has 0 bridgehead atoms. The number of hydrogen-bond donors (Lipinski definition) is 1. The van der Waals surface area contributed by atoms with Crippen molar-refractivity contribution in [2.45, 2.75) is 6.92 Å². The number of para-hydroxylation sites is 2. The van der Waals surface area contributed by atoms with E-state index in [1.165, 1.54) is 0 Å². The Morgan fingerprint density at radius 2 is 2.25 bits per heavy atom. The molecule has 0 atom stereocenters. The van der Waals surface area contributed by atoms with Gasteiger partial charge in [0.05, 0.1) is 0 Å². The lowest BCUT2D eigenvalue weighted by molar-refractivity contribution is -0.135. The van der Waals surface area contributed by atoms with Crippen LogP contribution in [0.1, 0.15) is 6.92 Å². The number of carbonyl (C=O) groups is 1. The van der Waals surface area contributed by atoms with E-state index in [4.69, 9.17) is 9.52 Å². The van der Waals surface area contributed by atoms with Crippen LogP contribution in [0.3, 0.4) is 0 Å². The second kappa shape index (κ2) is 4.22. The van der Waals surface area contributed by atoms with E-state index in [0.717, 1.165) is 5.52 Å². The van der Waals surface area contributed by atoms with Crippen LogP contribution < -0.4 is 4.90 Å². The highest BCUT2D eigenvalue weighted by Gasteiger charge is 2.14. The Balaban J connectivity index is 2.34. The summed E-state index contributed by atoms with van der Waals surface area (Å²) in [6, 6.07) is 7.70. The fraction of sp³-hybridized carbons (Fsp3) is 0.273. The van der Waals surface area contributed by atoms with Crippen LogP contribution in [0.15, 0.2) is 28.7 Å². The molecule has 2 rings (SSSR count). The van der Waals surface area contributed by atoms with Gasteiger partial charge in [0.25, 0.3) is 6.01 Å². The van der Waals surface area contributed by atoms with Crippen LogP contribution in [0.5, 0.6) is 0 Å². The van der Waals surface area contributed by atoms with Crippen molar-refractivity contribution < 1.29 is 14.3 Å². The van der Waals surface area contributed by atoms with E-state index in [1.807, 2.05) is 25.1 Å². The highest BCUT2D eigenvalue weighted by atomic mass is 16.4. The zero-order valence-corrected chi connectivity index (χ0v) is 8.88. The van der Waals surface area contributed by atoms with Crippen LogP contribution in [-0.4, -0.2) is 29.1 Å². The molecule has 2 aromatic rings. The average molecular weight is 220 g/mol. The molecule has 0 amide bonds. The second-order valence-electron chi connectivity index (χ2n) is 3.37. The summed E-state index contributed by atoms with van der Waals surface area (Å²) < 4.78 is 5.47. The molecule has 0 aliphatic heterocycles. The van der Waals surface area contributed by atoms with Gasteiger partial charge in [-0.2, -0.15) is 4.98 Å². The highest BCUT2D eigenvalue weighted by Crippen LogP contribution is 2.21. The number of hydrogen-bond acceptors (Lipinski definition) is 4. The zero-order chi connectivity index (χ0) is 11.5. The molecular formula is C11H12N2O3. The van der Waals surface area contributed by atoms with Crippen molar-refractivity contribution in [1.29, 1.82) is 0 Å². The normalized spacial score (nSPS) is 10.6. The first kappa shape index (κ1) is 10.5. The van der Waals surface area contributed by atoms with Crippen LogP contribution >= 0.6 is 0 Å². The van der Waals surface area contributed by atoms with Crippen LogP contribution in [0, 0.1) is 0 Å². The maximum atomic E-state index is 10.6. The van der Waals surface area contributed by atoms with E-state index in [1.54, 1.807) is 11.0 Å². The summed E-state index contributed by atoms with van der Waals surface area (Å²) >= 11 is 0. The van der Waals surface area contributed by atoms with Crippen LogP contribution in [0.2, 0.25) is 0 Å². The zero-order valence-electron chi connectivity index (χ0n) is 8.88. The summed E-state index contributed by atoms with van der Waals surface area (Å²) in [5, 5.41) is 8.74. The number of anilines is 1. The Kier molecular flexibility index (Phi) is 2.76. The van der Waals surface area contributed by atoms with E-state index < -0.39 is 5.97 Å². The number of likely N-dealkylation sites (N-methyl/N-ethyl adjacent to an activating group) is 1. The summed E-state index contributed by atoms with van der Waals surface area (Å²) in [6.07, 6.45) is 0. The Morgan fingerprint density at radius 3 is 2.88 bits per heavy atom. The summed E-state index contributed by atoms with van der Waals surface area (Å²) in [4.78, 5) is 16.5. The van der Waals surface area contributed by atoms with Crippen molar-refractivity contribution in [2.75, 3.05) is 18.0 Å². The third kappa shape index (κ3) is 1.98. The Morgan fingerprint density at radius 1 is 1.50 bits per heavy atom. The first-order valence-corrected chi connectivity index (χ1v) is 5.03. The van der Waals surface area contributed by atoms with Gasteiger partial charge in [0.15, 0.2) is 5.58 Å². The number of oxazole rings is 1. The van der Waals surface area contributed by atoms with Crippen molar-refractivity contribution in [3.8, 4) is 0 Å². The van der Waals surface area contributed by atoms with Gasteiger partial charge in [-0.15, -0.1) is 0 Å². The number of aromatic nitrogens is 1. The molecule has 16 heavy (non-hydrogen) atoms. The minimum atomic E-state index is -0.899. The van der Waals surface area contributed by atoms with Gasteiger partial charge >= 0.3 is 5.97 Å². The van der Waals surface area contributed by atoms with E-state index in [9.17, 15) is 4.79 Å². The smallest absolute Gasteiger partial charge is 0.323 e. The van der Waals surface area contributed by atoms with E-state index >= 15 is 0 Å². The topological polar surface area (TPSA) is 66.6 Å². The molecule has 1 aromatic heterocycles. The van der Waals surface area contributed by atoms with Crippen LogP contribution in [-0.2, 0) is 4.79 Å². The largest absolute Gasteiger partial charge is 0.480 e. The molecule has 0 aliphatic carbocycles. The molecule has 1 N–H and O–H groups in total. The van der Waals surface area contributed by atoms with Crippen molar-refractivity contribution in [2.24, 2.45) is 0 Å². The Hall–Kier alpha value is -2.04. The number of nitrogens with zero attached hydrogens (tertiary/aromatic N) is 2. The van der Waals surface area contributed by atoms with Gasteiger partial charge in [0, 0.05) is 6.54 Å². The quantitative estimate of drug-likeness (QED) is 0.850. The fourth-order valence-electron chi connectivity index (χ4n) is 1.47. The summed E-state index contributed by atoms with van der Waals surface area (Å²) in [7, 11) is 0. The van der Waals surface area contributed by atoms with Gasteiger partial charge in [-0.3, -0.25) is 4.79 Å². The average Bonchev–Trinajstić information content (AvgIpc) is 2.68. The molecule has 0 saturated heterocycles. The monoisotopic (exact) mass is 220 g/mol. The highest BCUT2D eigenvalue weighted by molar-refractivity contribution is 5.76. The van der Waals surface area contributed by atoms with Gasteiger partial charge in [-0.05, 0) is 19.1 Å². The van der Waals surface area contributed by atoms with Crippen molar-refractivity contribution >= 4 is 23.1 Å². The summed E-state index contributed by atoms with van der Waals surface area (Å²) in [5.41, 5.74) is 1.41. The van der Waals surface area contributed by atoms with Gasteiger partial charge in [0.1, 0.15) is 12.1 Å². The molecule has 0 saturated carbocycles. The third-order valence-electron chi connectivity index (χ3n) is 2.26. The SMILES string of the molecule is CCN(CC(=O)O)c1nc2ccccc2o1. The molecule has 0 unspecified atom stereocenters. The lowest BCUT2D eigenvalue weighted by Gasteiger charge is -2.14. The summed E-state index contributed by atoms with van der Waals surface area (Å²) in [5.74, 6) is -0.899.